The molecule has 0 radical (unpaired) electrons. The molecule has 0 N–H and O–H groups in total. The van der Waals surface area contributed by atoms with Gasteiger partial charge in [0.05, 0.1) is 4.92 Å². The molecule has 0 aliphatic heterocycles. The molecule has 20 heavy (non-hydrogen) atoms. The fourth-order valence-electron chi connectivity index (χ4n) is 2.20. The number of rotatable bonds is 3. The summed E-state index contributed by atoms with van der Waals surface area (Å²) in [5.74, 6) is 0.725. The van der Waals surface area contributed by atoms with Crippen LogP contribution in [0.4, 0.5) is 5.69 Å². The molecule has 3 aromatic rings. The third-order valence-electron chi connectivity index (χ3n) is 3.35. The average molecular weight is 267 g/mol. The number of aryl methyl sites for hydroxylation is 1. The highest BCUT2D eigenvalue weighted by Crippen LogP contribution is 2.29. The van der Waals surface area contributed by atoms with Gasteiger partial charge in [0.15, 0.2) is 0 Å². The van der Waals surface area contributed by atoms with E-state index in [-0.39, 0.29) is 5.69 Å². The van der Waals surface area contributed by atoms with Gasteiger partial charge < -0.3 is 4.42 Å². The van der Waals surface area contributed by atoms with E-state index in [0.717, 1.165) is 28.7 Å². The van der Waals surface area contributed by atoms with Crippen molar-refractivity contribution in [3.63, 3.8) is 0 Å². The predicted octanol–water partition coefficient (Wildman–Crippen LogP) is 4.57. The van der Waals surface area contributed by atoms with Crippen LogP contribution in [0, 0.1) is 10.1 Å². The summed E-state index contributed by atoms with van der Waals surface area (Å²) in [5, 5.41) is 11.7. The lowest BCUT2D eigenvalue weighted by atomic mass is 10.1. The van der Waals surface area contributed by atoms with Gasteiger partial charge in [0.1, 0.15) is 11.3 Å². The second kappa shape index (κ2) is 4.81. The molecular weight excluding hydrogens is 254 g/mol. The van der Waals surface area contributed by atoms with Gasteiger partial charge in [-0.3, -0.25) is 10.1 Å². The third-order valence-corrected chi connectivity index (χ3v) is 3.35. The summed E-state index contributed by atoms with van der Waals surface area (Å²) < 4.78 is 5.78. The number of nitro benzene ring substituents is 1. The van der Waals surface area contributed by atoms with E-state index in [1.807, 2.05) is 18.2 Å². The Morgan fingerprint density at radius 3 is 2.50 bits per heavy atom. The van der Waals surface area contributed by atoms with E-state index in [2.05, 4.69) is 13.0 Å². The number of benzene rings is 2. The summed E-state index contributed by atoms with van der Waals surface area (Å²) in [6.07, 6.45) is 0.980. The molecule has 0 saturated heterocycles. The summed E-state index contributed by atoms with van der Waals surface area (Å²) in [6.45, 7) is 2.11. The van der Waals surface area contributed by atoms with Crippen molar-refractivity contribution in [3.05, 3.63) is 64.2 Å². The molecule has 0 amide bonds. The first-order valence-electron chi connectivity index (χ1n) is 6.44. The van der Waals surface area contributed by atoms with Crippen LogP contribution in [0.25, 0.3) is 22.3 Å². The normalized spacial score (nSPS) is 10.8. The molecule has 0 aliphatic carbocycles. The van der Waals surface area contributed by atoms with Crippen molar-refractivity contribution < 1.29 is 9.34 Å². The Morgan fingerprint density at radius 2 is 1.85 bits per heavy atom. The van der Waals surface area contributed by atoms with Crippen molar-refractivity contribution in [2.24, 2.45) is 0 Å². The second-order valence-corrected chi connectivity index (χ2v) is 4.64. The van der Waals surface area contributed by atoms with Crippen LogP contribution in [-0.2, 0) is 6.42 Å². The first-order chi connectivity index (χ1) is 9.67. The van der Waals surface area contributed by atoms with Gasteiger partial charge in [0.25, 0.3) is 5.69 Å². The van der Waals surface area contributed by atoms with Gasteiger partial charge >= 0.3 is 0 Å². The Labute approximate surface area is 115 Å². The Bertz CT molecular complexity index is 772. The lowest BCUT2D eigenvalue weighted by molar-refractivity contribution is -0.384. The van der Waals surface area contributed by atoms with Gasteiger partial charge in [0.2, 0.25) is 0 Å². The van der Waals surface area contributed by atoms with Gasteiger partial charge in [-0.25, -0.2) is 0 Å². The molecule has 0 saturated carbocycles. The summed E-state index contributed by atoms with van der Waals surface area (Å²) >= 11 is 0. The molecule has 100 valence electrons. The van der Waals surface area contributed by atoms with Gasteiger partial charge in [-0.1, -0.05) is 13.0 Å². The Morgan fingerprint density at radius 1 is 1.10 bits per heavy atom. The zero-order valence-electron chi connectivity index (χ0n) is 11.0. The fourth-order valence-corrected chi connectivity index (χ4v) is 2.20. The van der Waals surface area contributed by atoms with Crippen LogP contribution in [0.2, 0.25) is 0 Å². The molecule has 4 nitrogen and oxygen atoms in total. The molecule has 0 aliphatic rings. The molecule has 1 aromatic heterocycles. The van der Waals surface area contributed by atoms with Gasteiger partial charge in [-0.15, -0.1) is 0 Å². The number of nitrogens with zero attached hydrogens (tertiary/aromatic N) is 1. The number of fused-ring (bicyclic) bond motifs is 1. The molecule has 0 spiro atoms. The average Bonchev–Trinajstić information content (AvgIpc) is 2.90. The molecule has 2 aromatic carbocycles. The van der Waals surface area contributed by atoms with Crippen molar-refractivity contribution in [1.82, 2.24) is 0 Å². The number of furan rings is 1. The van der Waals surface area contributed by atoms with Crippen LogP contribution in [-0.4, -0.2) is 4.92 Å². The number of hydrogen-bond acceptors (Lipinski definition) is 3. The Hall–Kier alpha value is -2.62. The Kier molecular flexibility index (Phi) is 2.99. The van der Waals surface area contributed by atoms with Crippen LogP contribution in [0.3, 0.4) is 0 Å². The van der Waals surface area contributed by atoms with E-state index >= 15 is 0 Å². The molecule has 0 unspecified atom stereocenters. The standard InChI is InChI=1S/C16H13NO3/c1-2-11-3-8-15-13(9-11)10-16(20-15)12-4-6-14(7-5-12)17(18)19/h3-10H,2H2,1H3. The highest BCUT2D eigenvalue weighted by Gasteiger charge is 2.09. The Balaban J connectivity index is 2.03. The van der Waals surface area contributed by atoms with Crippen LogP contribution in [0.5, 0.6) is 0 Å². The fraction of sp³-hybridized carbons (Fsp3) is 0.125. The van der Waals surface area contributed by atoms with Crippen molar-refractivity contribution >= 4 is 16.7 Å². The lowest BCUT2D eigenvalue weighted by Crippen LogP contribution is -1.86. The van der Waals surface area contributed by atoms with E-state index in [0.29, 0.717) is 0 Å². The minimum absolute atomic E-state index is 0.0816. The zero-order chi connectivity index (χ0) is 14.1. The number of hydrogen-bond donors (Lipinski definition) is 0. The summed E-state index contributed by atoms with van der Waals surface area (Å²) in [7, 11) is 0. The molecular formula is C16H13NO3. The highest BCUT2D eigenvalue weighted by molar-refractivity contribution is 5.83. The predicted molar refractivity (Wildman–Crippen MR) is 77.7 cm³/mol. The zero-order valence-corrected chi connectivity index (χ0v) is 11.0. The minimum Gasteiger partial charge on any atom is -0.456 e. The van der Waals surface area contributed by atoms with Crippen molar-refractivity contribution in [3.8, 4) is 11.3 Å². The molecule has 0 fully saturated rings. The highest BCUT2D eigenvalue weighted by atomic mass is 16.6. The van der Waals surface area contributed by atoms with Crippen molar-refractivity contribution in [2.75, 3.05) is 0 Å². The maximum absolute atomic E-state index is 10.6. The quantitative estimate of drug-likeness (QED) is 0.516. The summed E-state index contributed by atoms with van der Waals surface area (Å²) in [6, 6.07) is 14.5. The van der Waals surface area contributed by atoms with Gasteiger partial charge in [-0.2, -0.15) is 0 Å². The smallest absolute Gasteiger partial charge is 0.269 e. The van der Waals surface area contributed by atoms with E-state index in [1.165, 1.54) is 17.7 Å². The van der Waals surface area contributed by atoms with Gasteiger partial charge in [0, 0.05) is 23.1 Å². The van der Waals surface area contributed by atoms with Crippen LogP contribution >= 0.6 is 0 Å². The van der Waals surface area contributed by atoms with Crippen LogP contribution < -0.4 is 0 Å². The second-order valence-electron chi connectivity index (χ2n) is 4.64. The van der Waals surface area contributed by atoms with Crippen molar-refractivity contribution in [2.45, 2.75) is 13.3 Å². The van der Waals surface area contributed by atoms with Crippen molar-refractivity contribution in [1.29, 1.82) is 0 Å². The molecule has 0 atom stereocenters. The topological polar surface area (TPSA) is 56.3 Å². The van der Waals surface area contributed by atoms with E-state index < -0.39 is 4.92 Å². The lowest BCUT2D eigenvalue weighted by Gasteiger charge is -1.95. The molecule has 3 rings (SSSR count). The summed E-state index contributed by atoms with van der Waals surface area (Å²) in [4.78, 5) is 10.2. The van der Waals surface area contributed by atoms with E-state index in [1.54, 1.807) is 12.1 Å². The largest absolute Gasteiger partial charge is 0.456 e. The SMILES string of the molecule is CCc1ccc2oc(-c3ccc([N+](=O)[O-])cc3)cc2c1. The number of non-ortho nitro benzene ring substituents is 1. The minimum atomic E-state index is -0.407. The molecule has 1 heterocycles. The summed E-state index contributed by atoms with van der Waals surface area (Å²) in [5.41, 5.74) is 3.01. The van der Waals surface area contributed by atoms with Crippen LogP contribution in [0.15, 0.2) is 52.9 Å². The third kappa shape index (κ3) is 2.16. The van der Waals surface area contributed by atoms with E-state index in [9.17, 15) is 10.1 Å². The van der Waals surface area contributed by atoms with E-state index in [4.69, 9.17) is 4.42 Å². The first-order valence-corrected chi connectivity index (χ1v) is 6.44. The van der Waals surface area contributed by atoms with Crippen LogP contribution in [0.1, 0.15) is 12.5 Å². The monoisotopic (exact) mass is 267 g/mol. The van der Waals surface area contributed by atoms with Gasteiger partial charge in [-0.05, 0) is 42.3 Å². The maximum atomic E-state index is 10.6. The maximum Gasteiger partial charge on any atom is 0.269 e. The number of nitro groups is 1. The first kappa shape index (κ1) is 12.4. The molecule has 0 bridgehead atoms. The molecule has 4 heteroatoms.